The highest BCUT2D eigenvalue weighted by atomic mass is 35.6. The van der Waals surface area contributed by atoms with Crippen LogP contribution in [-0.2, 0) is 3.79 Å². The lowest BCUT2D eigenvalue weighted by atomic mass is 10.0. The highest BCUT2D eigenvalue weighted by Gasteiger charge is 2.22. The van der Waals surface area contributed by atoms with Crippen LogP contribution >= 0.6 is 34.8 Å². The zero-order chi connectivity index (χ0) is 13.2. The highest BCUT2D eigenvalue weighted by molar-refractivity contribution is 6.66. The van der Waals surface area contributed by atoms with Gasteiger partial charge in [-0.2, -0.15) is 0 Å². The third-order valence-electron chi connectivity index (χ3n) is 2.51. The molecule has 0 aliphatic carbocycles. The Morgan fingerprint density at radius 1 is 0.778 bits per heavy atom. The maximum atomic E-state index is 12.1. The van der Waals surface area contributed by atoms with Crippen LogP contribution in [0.5, 0.6) is 0 Å². The molecule has 0 bridgehead atoms. The van der Waals surface area contributed by atoms with Crippen molar-refractivity contribution in [2.75, 3.05) is 0 Å². The summed E-state index contributed by atoms with van der Waals surface area (Å²) < 4.78 is -1.46. The van der Waals surface area contributed by atoms with Crippen LogP contribution in [0.4, 0.5) is 0 Å². The fourth-order valence-electron chi connectivity index (χ4n) is 1.57. The topological polar surface area (TPSA) is 17.1 Å². The minimum absolute atomic E-state index is 0.0496. The number of hydrogen-bond donors (Lipinski definition) is 0. The molecule has 0 fully saturated rings. The first kappa shape index (κ1) is 13.4. The number of carbonyl (C=O) groups is 1. The summed E-state index contributed by atoms with van der Waals surface area (Å²) >= 11 is 17.3. The van der Waals surface area contributed by atoms with E-state index in [1.807, 2.05) is 18.2 Å². The van der Waals surface area contributed by atoms with Crippen LogP contribution in [0, 0.1) is 0 Å². The molecule has 0 unspecified atom stereocenters. The first-order chi connectivity index (χ1) is 8.48. The average Bonchev–Trinajstić information content (AvgIpc) is 2.38. The SMILES string of the molecule is O=C(c1ccccc1)c1ccc(C(Cl)(Cl)Cl)cc1. The molecule has 0 saturated carbocycles. The number of ketones is 1. The summed E-state index contributed by atoms with van der Waals surface area (Å²) in [5, 5.41) is 0. The van der Waals surface area contributed by atoms with E-state index in [9.17, 15) is 4.79 Å². The van der Waals surface area contributed by atoms with Gasteiger partial charge in [-0.3, -0.25) is 4.79 Å². The van der Waals surface area contributed by atoms with Crippen LogP contribution in [0.1, 0.15) is 21.5 Å². The summed E-state index contributed by atoms with van der Waals surface area (Å²) in [6.07, 6.45) is 0. The lowest BCUT2D eigenvalue weighted by Gasteiger charge is -2.11. The third-order valence-corrected chi connectivity index (χ3v) is 3.17. The van der Waals surface area contributed by atoms with Gasteiger partial charge in [0.05, 0.1) is 0 Å². The standard InChI is InChI=1S/C14H9Cl3O/c15-14(16,17)12-8-6-11(7-9-12)13(18)10-4-2-1-3-5-10/h1-9H. The Hall–Kier alpha value is -1.02. The Balaban J connectivity index is 2.28. The Morgan fingerprint density at radius 3 is 1.78 bits per heavy atom. The lowest BCUT2D eigenvalue weighted by molar-refractivity contribution is 0.103. The van der Waals surface area contributed by atoms with Crippen molar-refractivity contribution >= 4 is 40.6 Å². The van der Waals surface area contributed by atoms with Crippen molar-refractivity contribution in [2.24, 2.45) is 0 Å². The fraction of sp³-hybridized carbons (Fsp3) is 0.0714. The predicted octanol–water partition coefficient (Wildman–Crippen LogP) is 4.74. The summed E-state index contributed by atoms with van der Waals surface area (Å²) in [4.78, 5) is 12.1. The number of hydrogen-bond acceptors (Lipinski definition) is 1. The minimum atomic E-state index is -1.46. The monoisotopic (exact) mass is 298 g/mol. The molecule has 0 aliphatic heterocycles. The highest BCUT2D eigenvalue weighted by Crippen LogP contribution is 2.38. The molecule has 0 radical (unpaired) electrons. The van der Waals surface area contributed by atoms with Gasteiger partial charge in [0, 0.05) is 16.7 Å². The van der Waals surface area contributed by atoms with E-state index in [0.29, 0.717) is 16.7 Å². The van der Waals surface area contributed by atoms with E-state index in [1.54, 1.807) is 36.4 Å². The second-order valence-electron chi connectivity index (χ2n) is 3.77. The summed E-state index contributed by atoms with van der Waals surface area (Å²) in [7, 11) is 0. The molecule has 92 valence electrons. The van der Waals surface area contributed by atoms with Gasteiger partial charge in [0.1, 0.15) is 0 Å². The number of rotatable bonds is 2. The number of alkyl halides is 3. The van der Waals surface area contributed by atoms with Gasteiger partial charge in [0.25, 0.3) is 0 Å². The van der Waals surface area contributed by atoms with Crippen molar-refractivity contribution in [3.63, 3.8) is 0 Å². The van der Waals surface area contributed by atoms with E-state index in [1.165, 1.54) is 0 Å². The van der Waals surface area contributed by atoms with E-state index in [2.05, 4.69) is 0 Å². The van der Waals surface area contributed by atoms with E-state index in [0.717, 1.165) is 0 Å². The quantitative estimate of drug-likeness (QED) is 0.578. The summed E-state index contributed by atoms with van der Waals surface area (Å²) in [5.74, 6) is -0.0496. The fourth-order valence-corrected chi connectivity index (χ4v) is 1.94. The van der Waals surface area contributed by atoms with Crippen LogP contribution in [0.2, 0.25) is 0 Å². The van der Waals surface area contributed by atoms with E-state index < -0.39 is 3.79 Å². The second kappa shape index (κ2) is 5.31. The smallest absolute Gasteiger partial charge is 0.216 e. The molecule has 2 aromatic rings. The van der Waals surface area contributed by atoms with Gasteiger partial charge in [0.15, 0.2) is 5.78 Å². The average molecular weight is 300 g/mol. The molecule has 1 nitrogen and oxygen atoms in total. The molecule has 0 atom stereocenters. The molecule has 0 spiro atoms. The molecule has 4 heteroatoms. The predicted molar refractivity (Wildman–Crippen MR) is 75.6 cm³/mol. The van der Waals surface area contributed by atoms with Gasteiger partial charge in [-0.25, -0.2) is 0 Å². The molecule has 0 heterocycles. The molecule has 18 heavy (non-hydrogen) atoms. The van der Waals surface area contributed by atoms with Crippen LogP contribution < -0.4 is 0 Å². The van der Waals surface area contributed by atoms with Gasteiger partial charge in [-0.1, -0.05) is 89.4 Å². The van der Waals surface area contributed by atoms with Crippen molar-refractivity contribution in [2.45, 2.75) is 3.79 Å². The largest absolute Gasteiger partial charge is 0.289 e. The van der Waals surface area contributed by atoms with Gasteiger partial charge in [0.2, 0.25) is 3.79 Å². The Morgan fingerprint density at radius 2 is 1.28 bits per heavy atom. The van der Waals surface area contributed by atoms with Crippen molar-refractivity contribution in [1.82, 2.24) is 0 Å². The van der Waals surface area contributed by atoms with E-state index in [4.69, 9.17) is 34.8 Å². The van der Waals surface area contributed by atoms with Gasteiger partial charge in [-0.05, 0) is 0 Å². The zero-order valence-electron chi connectivity index (χ0n) is 9.24. The van der Waals surface area contributed by atoms with Crippen LogP contribution in [0.25, 0.3) is 0 Å². The van der Waals surface area contributed by atoms with Crippen LogP contribution in [0.3, 0.4) is 0 Å². The third kappa shape index (κ3) is 3.05. The number of halogens is 3. The van der Waals surface area contributed by atoms with Crippen molar-refractivity contribution in [3.8, 4) is 0 Å². The lowest BCUT2D eigenvalue weighted by Crippen LogP contribution is -2.03. The Bertz CT molecular complexity index is 542. The first-order valence-corrected chi connectivity index (χ1v) is 6.39. The number of benzene rings is 2. The molecule has 0 aromatic heterocycles. The van der Waals surface area contributed by atoms with Crippen molar-refractivity contribution in [1.29, 1.82) is 0 Å². The molecule has 2 rings (SSSR count). The van der Waals surface area contributed by atoms with E-state index >= 15 is 0 Å². The molecular weight excluding hydrogens is 291 g/mol. The van der Waals surface area contributed by atoms with E-state index in [-0.39, 0.29) is 5.78 Å². The maximum absolute atomic E-state index is 12.1. The van der Waals surface area contributed by atoms with Gasteiger partial charge < -0.3 is 0 Å². The summed E-state index contributed by atoms with van der Waals surface area (Å²) in [6, 6.07) is 15.6. The summed E-state index contributed by atoms with van der Waals surface area (Å²) in [6.45, 7) is 0. The molecular formula is C14H9Cl3O. The minimum Gasteiger partial charge on any atom is -0.289 e. The Labute approximate surface area is 120 Å². The second-order valence-corrected chi connectivity index (χ2v) is 6.05. The van der Waals surface area contributed by atoms with Crippen molar-refractivity contribution < 1.29 is 4.79 Å². The molecule has 2 aromatic carbocycles. The zero-order valence-corrected chi connectivity index (χ0v) is 11.5. The Kier molecular flexibility index (Phi) is 3.96. The molecule has 0 N–H and O–H groups in total. The molecule has 0 aliphatic rings. The maximum Gasteiger partial charge on any atom is 0.216 e. The molecule has 0 saturated heterocycles. The van der Waals surface area contributed by atoms with Crippen LogP contribution in [0.15, 0.2) is 54.6 Å². The van der Waals surface area contributed by atoms with Crippen molar-refractivity contribution in [3.05, 3.63) is 71.3 Å². The van der Waals surface area contributed by atoms with Gasteiger partial charge in [-0.15, -0.1) is 0 Å². The molecule has 0 amide bonds. The van der Waals surface area contributed by atoms with Gasteiger partial charge >= 0.3 is 0 Å². The van der Waals surface area contributed by atoms with Crippen LogP contribution in [-0.4, -0.2) is 5.78 Å². The number of carbonyl (C=O) groups excluding carboxylic acids is 1. The normalized spacial score (nSPS) is 11.3. The summed E-state index contributed by atoms with van der Waals surface area (Å²) in [5.41, 5.74) is 1.75. The first-order valence-electron chi connectivity index (χ1n) is 5.25.